The molecule has 98 valence electrons. The van der Waals surface area contributed by atoms with Gasteiger partial charge in [-0.25, -0.2) is 0 Å². The van der Waals surface area contributed by atoms with Gasteiger partial charge in [-0.15, -0.1) is 0 Å². The van der Waals surface area contributed by atoms with Crippen molar-refractivity contribution in [2.24, 2.45) is 5.73 Å². The summed E-state index contributed by atoms with van der Waals surface area (Å²) in [6, 6.07) is 0.0766. The van der Waals surface area contributed by atoms with Crippen LogP contribution in [0.15, 0.2) is 0 Å². The molecule has 0 aliphatic carbocycles. The van der Waals surface area contributed by atoms with Crippen LogP contribution in [-0.4, -0.2) is 44.7 Å². The highest BCUT2D eigenvalue weighted by Crippen LogP contribution is 1.98. The van der Waals surface area contributed by atoms with E-state index in [1.54, 1.807) is 0 Å². The van der Waals surface area contributed by atoms with E-state index >= 15 is 0 Å². The van der Waals surface area contributed by atoms with Gasteiger partial charge < -0.3 is 19.9 Å². The summed E-state index contributed by atoms with van der Waals surface area (Å²) in [7, 11) is 0. The molecule has 0 bridgehead atoms. The molecule has 0 aromatic heterocycles. The lowest BCUT2D eigenvalue weighted by molar-refractivity contribution is -0.0582. The summed E-state index contributed by atoms with van der Waals surface area (Å²) in [5, 5.41) is 0. The van der Waals surface area contributed by atoms with Crippen LogP contribution in [0.25, 0.3) is 0 Å². The molecule has 3 atom stereocenters. The van der Waals surface area contributed by atoms with Gasteiger partial charge in [0.15, 0.2) is 0 Å². The van der Waals surface area contributed by atoms with Crippen molar-refractivity contribution >= 4 is 0 Å². The highest BCUT2D eigenvalue weighted by molar-refractivity contribution is 4.55. The van der Waals surface area contributed by atoms with E-state index < -0.39 is 0 Å². The lowest BCUT2D eigenvalue weighted by Crippen LogP contribution is -2.28. The van der Waals surface area contributed by atoms with Crippen molar-refractivity contribution < 1.29 is 14.2 Å². The van der Waals surface area contributed by atoms with Gasteiger partial charge in [0.05, 0.1) is 32.0 Å². The molecule has 0 aliphatic heterocycles. The molecule has 0 aliphatic rings. The van der Waals surface area contributed by atoms with E-state index in [2.05, 4.69) is 6.92 Å². The maximum Gasteiger partial charge on any atom is 0.0781 e. The van der Waals surface area contributed by atoms with Crippen molar-refractivity contribution in [3.05, 3.63) is 0 Å². The molecule has 0 radical (unpaired) electrons. The Kier molecular flexibility index (Phi) is 9.92. The SMILES string of the molecule is CCCOCC(C)OCC(C)OCC(C)N. The number of hydrogen-bond donors (Lipinski definition) is 1. The highest BCUT2D eigenvalue weighted by Gasteiger charge is 2.07. The van der Waals surface area contributed by atoms with Crippen LogP contribution in [0.2, 0.25) is 0 Å². The van der Waals surface area contributed by atoms with Crippen LogP contribution in [0.3, 0.4) is 0 Å². The Labute approximate surface area is 99.4 Å². The summed E-state index contributed by atoms with van der Waals surface area (Å²) < 4.78 is 16.5. The van der Waals surface area contributed by atoms with Crippen molar-refractivity contribution in [1.82, 2.24) is 0 Å². The minimum absolute atomic E-state index is 0.0766. The largest absolute Gasteiger partial charge is 0.379 e. The molecule has 0 fully saturated rings. The fraction of sp³-hybridized carbons (Fsp3) is 1.00. The topological polar surface area (TPSA) is 53.7 Å². The maximum absolute atomic E-state index is 5.59. The van der Waals surface area contributed by atoms with Crippen molar-refractivity contribution in [3.63, 3.8) is 0 Å². The van der Waals surface area contributed by atoms with Gasteiger partial charge in [-0.05, 0) is 27.2 Å². The molecule has 0 heterocycles. The molecule has 0 amide bonds. The van der Waals surface area contributed by atoms with Crippen molar-refractivity contribution in [2.45, 2.75) is 52.4 Å². The summed E-state index contributed by atoms with van der Waals surface area (Å²) in [6.07, 6.45) is 1.24. The van der Waals surface area contributed by atoms with Crippen LogP contribution in [0.4, 0.5) is 0 Å². The first kappa shape index (κ1) is 15.8. The van der Waals surface area contributed by atoms with Gasteiger partial charge in [-0.3, -0.25) is 0 Å². The van der Waals surface area contributed by atoms with Crippen molar-refractivity contribution in [1.29, 1.82) is 0 Å². The van der Waals surface area contributed by atoms with Crippen LogP contribution in [0.5, 0.6) is 0 Å². The Morgan fingerprint density at radius 2 is 1.50 bits per heavy atom. The molecule has 2 N–H and O–H groups in total. The molecule has 4 nitrogen and oxygen atoms in total. The Morgan fingerprint density at radius 3 is 2.06 bits per heavy atom. The molecule has 4 heteroatoms. The summed E-state index contributed by atoms with van der Waals surface area (Å²) in [5.41, 5.74) is 5.59. The second kappa shape index (κ2) is 10.0. The maximum atomic E-state index is 5.59. The zero-order chi connectivity index (χ0) is 12.4. The lowest BCUT2D eigenvalue weighted by atomic mass is 10.3. The number of hydrogen-bond acceptors (Lipinski definition) is 4. The van der Waals surface area contributed by atoms with E-state index in [9.17, 15) is 0 Å². The molecule has 0 aromatic rings. The monoisotopic (exact) mass is 233 g/mol. The molecule has 16 heavy (non-hydrogen) atoms. The van der Waals surface area contributed by atoms with Crippen molar-refractivity contribution in [2.75, 3.05) is 26.4 Å². The summed E-state index contributed by atoms with van der Waals surface area (Å²) in [6.45, 7) is 10.6. The summed E-state index contributed by atoms with van der Waals surface area (Å²) in [4.78, 5) is 0. The van der Waals surface area contributed by atoms with Gasteiger partial charge in [-0.1, -0.05) is 6.92 Å². The first-order valence-corrected chi connectivity index (χ1v) is 6.12. The van der Waals surface area contributed by atoms with E-state index in [1.807, 2.05) is 20.8 Å². The zero-order valence-electron chi connectivity index (χ0n) is 11.1. The first-order valence-electron chi connectivity index (χ1n) is 6.12. The fourth-order valence-electron chi connectivity index (χ4n) is 1.11. The number of nitrogens with two attached hydrogens (primary N) is 1. The van der Waals surface area contributed by atoms with Crippen LogP contribution in [0, 0.1) is 0 Å². The fourth-order valence-corrected chi connectivity index (χ4v) is 1.11. The smallest absolute Gasteiger partial charge is 0.0781 e. The first-order chi connectivity index (χ1) is 7.56. The molecular formula is C12H27NO3. The van der Waals surface area contributed by atoms with E-state index in [4.69, 9.17) is 19.9 Å². The third kappa shape index (κ3) is 10.4. The van der Waals surface area contributed by atoms with E-state index in [1.165, 1.54) is 0 Å². The van der Waals surface area contributed by atoms with E-state index in [0.29, 0.717) is 19.8 Å². The molecule has 0 saturated carbocycles. The third-order valence-corrected chi connectivity index (χ3v) is 1.96. The Hall–Kier alpha value is -0.160. The van der Waals surface area contributed by atoms with Gasteiger partial charge in [0.2, 0.25) is 0 Å². The summed E-state index contributed by atoms with van der Waals surface area (Å²) in [5.74, 6) is 0. The Morgan fingerprint density at radius 1 is 0.938 bits per heavy atom. The van der Waals surface area contributed by atoms with Gasteiger partial charge in [0.1, 0.15) is 0 Å². The normalized spacial score (nSPS) is 17.1. The molecule has 0 aromatic carbocycles. The predicted molar refractivity (Wildman–Crippen MR) is 65.6 cm³/mol. The zero-order valence-corrected chi connectivity index (χ0v) is 11.1. The lowest BCUT2D eigenvalue weighted by Gasteiger charge is -2.18. The van der Waals surface area contributed by atoms with Crippen LogP contribution in [0.1, 0.15) is 34.1 Å². The number of ether oxygens (including phenoxy) is 3. The van der Waals surface area contributed by atoms with Gasteiger partial charge in [0.25, 0.3) is 0 Å². The average Bonchev–Trinajstić information content (AvgIpc) is 2.24. The molecule has 0 saturated heterocycles. The minimum Gasteiger partial charge on any atom is -0.379 e. The van der Waals surface area contributed by atoms with Crippen LogP contribution < -0.4 is 5.73 Å². The highest BCUT2D eigenvalue weighted by atomic mass is 16.6. The molecule has 3 unspecified atom stereocenters. The Balaban J connectivity index is 3.39. The summed E-state index contributed by atoms with van der Waals surface area (Å²) >= 11 is 0. The van der Waals surface area contributed by atoms with Crippen molar-refractivity contribution in [3.8, 4) is 0 Å². The Bertz CT molecular complexity index is 153. The average molecular weight is 233 g/mol. The second-order valence-corrected chi connectivity index (χ2v) is 4.34. The van der Waals surface area contributed by atoms with E-state index in [-0.39, 0.29) is 18.2 Å². The third-order valence-electron chi connectivity index (χ3n) is 1.96. The molecule has 0 rings (SSSR count). The molecular weight excluding hydrogens is 206 g/mol. The quantitative estimate of drug-likeness (QED) is 0.582. The minimum atomic E-state index is 0.0766. The molecule has 0 spiro atoms. The van der Waals surface area contributed by atoms with Crippen LogP contribution >= 0.6 is 0 Å². The standard InChI is InChI=1S/C12H27NO3/c1-5-6-14-8-11(3)16-9-12(4)15-7-10(2)13/h10-12H,5-9,13H2,1-4H3. The van der Waals surface area contributed by atoms with Gasteiger partial charge in [0, 0.05) is 12.6 Å². The van der Waals surface area contributed by atoms with Gasteiger partial charge >= 0.3 is 0 Å². The number of rotatable bonds is 10. The van der Waals surface area contributed by atoms with E-state index in [0.717, 1.165) is 13.0 Å². The van der Waals surface area contributed by atoms with Crippen LogP contribution in [-0.2, 0) is 14.2 Å². The van der Waals surface area contributed by atoms with Gasteiger partial charge in [-0.2, -0.15) is 0 Å². The predicted octanol–water partition coefficient (Wildman–Crippen LogP) is 1.57. The second-order valence-electron chi connectivity index (χ2n) is 4.34.